The van der Waals surface area contributed by atoms with Gasteiger partial charge >= 0.3 is 0 Å². The summed E-state index contributed by atoms with van der Waals surface area (Å²) in [6.07, 6.45) is 4.53. The highest BCUT2D eigenvalue weighted by molar-refractivity contribution is 5.97. The first-order valence-corrected chi connectivity index (χ1v) is 12.1. The summed E-state index contributed by atoms with van der Waals surface area (Å²) in [5.41, 5.74) is 3.79. The van der Waals surface area contributed by atoms with Gasteiger partial charge in [0.1, 0.15) is 5.82 Å². The monoisotopic (exact) mass is 457 g/mol. The first-order chi connectivity index (χ1) is 16.3. The molecule has 1 aromatic carbocycles. The number of amides is 2. The van der Waals surface area contributed by atoms with Crippen LogP contribution >= 0.6 is 0 Å². The second kappa shape index (κ2) is 8.43. The summed E-state index contributed by atoms with van der Waals surface area (Å²) in [4.78, 5) is 34.5. The molecule has 5 rings (SSSR count). The molecule has 0 radical (unpaired) electrons. The Labute approximate surface area is 200 Å². The highest BCUT2D eigenvalue weighted by Crippen LogP contribution is 2.41. The van der Waals surface area contributed by atoms with Crippen LogP contribution in [0.15, 0.2) is 30.5 Å². The van der Waals surface area contributed by atoms with E-state index in [0.717, 1.165) is 11.4 Å². The Hall–Kier alpha value is -3.40. The molecule has 2 saturated heterocycles. The molecule has 1 atom stereocenters. The molecule has 1 aliphatic carbocycles. The van der Waals surface area contributed by atoms with Crippen molar-refractivity contribution in [3.8, 4) is 6.07 Å². The van der Waals surface area contributed by atoms with Crippen LogP contribution in [0.3, 0.4) is 0 Å². The number of aryl methyl sites for hydroxylation is 1. The van der Waals surface area contributed by atoms with Crippen molar-refractivity contribution in [2.75, 3.05) is 37.6 Å². The summed E-state index contributed by atoms with van der Waals surface area (Å²) in [5, 5.41) is 12.7. The van der Waals surface area contributed by atoms with Crippen molar-refractivity contribution in [1.82, 2.24) is 15.2 Å². The van der Waals surface area contributed by atoms with Gasteiger partial charge in [-0.1, -0.05) is 26.0 Å². The van der Waals surface area contributed by atoms with E-state index in [0.29, 0.717) is 49.8 Å². The van der Waals surface area contributed by atoms with Gasteiger partial charge in [0.25, 0.3) is 5.91 Å². The molecule has 2 aromatic rings. The number of carbonyl (C=O) groups is 2. The van der Waals surface area contributed by atoms with Crippen LogP contribution in [0.25, 0.3) is 0 Å². The Morgan fingerprint density at radius 3 is 2.47 bits per heavy atom. The highest BCUT2D eigenvalue weighted by Gasteiger charge is 2.42. The van der Waals surface area contributed by atoms with Gasteiger partial charge in [-0.05, 0) is 59.9 Å². The molecule has 0 bridgehead atoms. The van der Waals surface area contributed by atoms with Crippen molar-refractivity contribution >= 4 is 17.6 Å². The molecule has 1 unspecified atom stereocenters. The molecular formula is C27H31N5O2. The lowest BCUT2D eigenvalue weighted by atomic mass is 9.77. The average molecular weight is 458 g/mol. The van der Waals surface area contributed by atoms with Gasteiger partial charge in [0.05, 0.1) is 23.1 Å². The largest absolute Gasteiger partial charge is 0.355 e. The van der Waals surface area contributed by atoms with E-state index in [1.54, 1.807) is 12.1 Å². The molecule has 1 aromatic heterocycles. The molecule has 7 heteroatoms. The summed E-state index contributed by atoms with van der Waals surface area (Å²) in [6, 6.07) is 9.70. The van der Waals surface area contributed by atoms with Gasteiger partial charge in [-0.2, -0.15) is 5.26 Å². The summed E-state index contributed by atoms with van der Waals surface area (Å²) < 4.78 is 0. The highest BCUT2D eigenvalue weighted by atomic mass is 16.2. The summed E-state index contributed by atoms with van der Waals surface area (Å²) >= 11 is 0. The van der Waals surface area contributed by atoms with Crippen molar-refractivity contribution in [2.24, 2.45) is 5.41 Å². The summed E-state index contributed by atoms with van der Waals surface area (Å²) in [5.74, 6) is 1.19. The second-order valence-electron chi connectivity index (χ2n) is 10.5. The standard InChI is InChI=1S/C27H31N5O2/c1-17-12-21(18-4-5-18)15-29-24(17)31-8-10-32(11-9-31)26(34)22-7-6-19(13-20(22)14-28)23-25(33)30-16-27(23,2)3/h6-7,12-13,15,18,23H,4-5,8-11,16H2,1-3H3,(H,30,33). The second-order valence-corrected chi connectivity index (χ2v) is 10.5. The zero-order chi connectivity index (χ0) is 24.0. The molecule has 1 N–H and O–H groups in total. The topological polar surface area (TPSA) is 89.3 Å². The zero-order valence-corrected chi connectivity index (χ0v) is 20.1. The van der Waals surface area contributed by atoms with Crippen molar-refractivity contribution in [3.05, 3.63) is 58.3 Å². The van der Waals surface area contributed by atoms with E-state index < -0.39 is 0 Å². The Bertz CT molecular complexity index is 1190. The Morgan fingerprint density at radius 1 is 1.15 bits per heavy atom. The van der Waals surface area contributed by atoms with E-state index in [4.69, 9.17) is 4.98 Å². The number of benzene rings is 1. The third-order valence-corrected chi connectivity index (χ3v) is 7.48. The number of nitriles is 1. The van der Waals surface area contributed by atoms with Gasteiger partial charge in [-0.3, -0.25) is 9.59 Å². The van der Waals surface area contributed by atoms with E-state index >= 15 is 0 Å². The number of aromatic nitrogens is 1. The van der Waals surface area contributed by atoms with Crippen molar-refractivity contribution in [2.45, 2.75) is 45.4 Å². The molecule has 2 aliphatic heterocycles. The molecule has 3 heterocycles. The Morgan fingerprint density at radius 2 is 1.88 bits per heavy atom. The fraction of sp³-hybridized carbons (Fsp3) is 0.481. The number of nitrogens with zero attached hydrogens (tertiary/aromatic N) is 4. The van der Waals surface area contributed by atoms with Crippen LogP contribution < -0.4 is 10.2 Å². The van der Waals surface area contributed by atoms with E-state index in [1.807, 2.05) is 31.0 Å². The third kappa shape index (κ3) is 4.02. The number of hydrogen-bond acceptors (Lipinski definition) is 5. The molecule has 7 nitrogen and oxygen atoms in total. The molecule has 3 fully saturated rings. The van der Waals surface area contributed by atoms with E-state index in [2.05, 4.69) is 29.3 Å². The van der Waals surface area contributed by atoms with Gasteiger partial charge in [0.15, 0.2) is 0 Å². The van der Waals surface area contributed by atoms with Gasteiger partial charge in [0.2, 0.25) is 5.91 Å². The molecule has 1 saturated carbocycles. The minimum absolute atomic E-state index is 0.0295. The quantitative estimate of drug-likeness (QED) is 0.761. The predicted octanol–water partition coefficient (Wildman–Crippen LogP) is 3.34. The Balaban J connectivity index is 1.29. The molecule has 3 aliphatic rings. The third-order valence-electron chi connectivity index (χ3n) is 7.48. The number of hydrogen-bond donors (Lipinski definition) is 1. The van der Waals surface area contributed by atoms with Crippen LogP contribution in [0.1, 0.15) is 71.1 Å². The van der Waals surface area contributed by atoms with Crippen LogP contribution in [-0.2, 0) is 4.79 Å². The molecular weight excluding hydrogens is 426 g/mol. The fourth-order valence-electron chi connectivity index (χ4n) is 5.35. The lowest BCUT2D eigenvalue weighted by Gasteiger charge is -2.36. The maximum Gasteiger partial charge on any atom is 0.255 e. The number of carbonyl (C=O) groups excluding carboxylic acids is 2. The Kier molecular flexibility index (Phi) is 5.55. The molecule has 0 spiro atoms. The number of piperazine rings is 1. The van der Waals surface area contributed by atoms with Gasteiger partial charge < -0.3 is 15.1 Å². The smallest absolute Gasteiger partial charge is 0.255 e. The van der Waals surface area contributed by atoms with Crippen LogP contribution in [0.2, 0.25) is 0 Å². The first kappa shape index (κ1) is 22.4. The number of pyridine rings is 1. The van der Waals surface area contributed by atoms with Crippen molar-refractivity contribution < 1.29 is 9.59 Å². The minimum atomic E-state index is -0.325. The first-order valence-electron chi connectivity index (χ1n) is 12.1. The van der Waals surface area contributed by atoms with Crippen molar-refractivity contribution in [1.29, 1.82) is 5.26 Å². The van der Waals surface area contributed by atoms with Crippen LogP contribution in [0, 0.1) is 23.7 Å². The van der Waals surface area contributed by atoms with E-state index in [9.17, 15) is 14.9 Å². The van der Waals surface area contributed by atoms with Crippen LogP contribution in [0.5, 0.6) is 0 Å². The average Bonchev–Trinajstić information content (AvgIpc) is 3.64. The zero-order valence-electron chi connectivity index (χ0n) is 20.1. The maximum absolute atomic E-state index is 13.3. The van der Waals surface area contributed by atoms with Crippen LogP contribution in [0.4, 0.5) is 5.82 Å². The molecule has 176 valence electrons. The lowest BCUT2D eigenvalue weighted by Crippen LogP contribution is -2.49. The van der Waals surface area contributed by atoms with Gasteiger partial charge in [0, 0.05) is 38.9 Å². The van der Waals surface area contributed by atoms with E-state index in [1.165, 1.54) is 24.0 Å². The fourth-order valence-corrected chi connectivity index (χ4v) is 5.35. The van der Waals surface area contributed by atoms with Gasteiger partial charge in [-0.25, -0.2) is 4.98 Å². The molecule has 34 heavy (non-hydrogen) atoms. The number of nitrogens with one attached hydrogen (secondary N) is 1. The van der Waals surface area contributed by atoms with E-state index in [-0.39, 0.29) is 23.1 Å². The number of anilines is 1. The number of rotatable bonds is 4. The maximum atomic E-state index is 13.3. The molecule has 2 amide bonds. The lowest BCUT2D eigenvalue weighted by molar-refractivity contribution is -0.121. The van der Waals surface area contributed by atoms with Gasteiger partial charge in [-0.15, -0.1) is 0 Å². The normalized spacial score (nSPS) is 21.8. The summed E-state index contributed by atoms with van der Waals surface area (Å²) in [6.45, 7) is 9.35. The van der Waals surface area contributed by atoms with Crippen LogP contribution in [-0.4, -0.2) is 54.4 Å². The predicted molar refractivity (Wildman–Crippen MR) is 130 cm³/mol. The SMILES string of the molecule is Cc1cc(C2CC2)cnc1N1CCN(C(=O)c2ccc(C3C(=O)NCC3(C)C)cc2C#N)CC1. The van der Waals surface area contributed by atoms with Crippen molar-refractivity contribution in [3.63, 3.8) is 0 Å². The minimum Gasteiger partial charge on any atom is -0.355 e. The summed E-state index contributed by atoms with van der Waals surface area (Å²) in [7, 11) is 0.